The summed E-state index contributed by atoms with van der Waals surface area (Å²) in [7, 11) is 0. The third kappa shape index (κ3) is 4.51. The van der Waals surface area contributed by atoms with Crippen molar-refractivity contribution in [3.05, 3.63) is 11.6 Å². The van der Waals surface area contributed by atoms with Crippen LogP contribution in [0.15, 0.2) is 11.6 Å². The van der Waals surface area contributed by atoms with Crippen molar-refractivity contribution in [3.63, 3.8) is 0 Å². The van der Waals surface area contributed by atoms with Crippen LogP contribution in [0.5, 0.6) is 0 Å². The van der Waals surface area contributed by atoms with Crippen LogP contribution in [0.4, 0.5) is 0 Å². The normalized spacial score (nSPS) is 31.6. The van der Waals surface area contributed by atoms with Crippen LogP contribution < -0.4 is 5.32 Å². The number of rotatable bonds is 5. The van der Waals surface area contributed by atoms with Gasteiger partial charge in [0.15, 0.2) is 0 Å². The highest BCUT2D eigenvalue weighted by Gasteiger charge is 2.39. The number of nitrogens with one attached hydrogen (secondary N) is 1. The average molecular weight is 360 g/mol. The Morgan fingerprint density at radius 2 is 1.96 bits per heavy atom. The van der Waals surface area contributed by atoms with E-state index in [1.165, 1.54) is 77.7 Å². The van der Waals surface area contributed by atoms with Gasteiger partial charge in [-0.1, -0.05) is 11.6 Å². The zero-order chi connectivity index (χ0) is 17.8. The molecule has 146 valence electrons. The molecule has 0 radical (unpaired) electrons. The fourth-order valence-electron chi connectivity index (χ4n) is 5.71. The number of hydrogen-bond acceptors (Lipinski definition) is 3. The van der Waals surface area contributed by atoms with E-state index in [2.05, 4.69) is 21.2 Å². The van der Waals surface area contributed by atoms with E-state index in [1.807, 2.05) is 0 Å². The molecule has 3 heterocycles. The number of carbonyl (C=O) groups excluding carboxylic acids is 1. The van der Waals surface area contributed by atoms with E-state index in [1.54, 1.807) is 5.57 Å². The molecule has 3 fully saturated rings. The van der Waals surface area contributed by atoms with Crippen LogP contribution in [0.3, 0.4) is 0 Å². The molecule has 4 heteroatoms. The Labute approximate surface area is 159 Å². The summed E-state index contributed by atoms with van der Waals surface area (Å²) in [6.07, 6.45) is 14.5. The Bertz CT molecular complexity index is 512. The molecule has 26 heavy (non-hydrogen) atoms. The van der Waals surface area contributed by atoms with Gasteiger partial charge in [0.25, 0.3) is 0 Å². The van der Waals surface area contributed by atoms with Crippen molar-refractivity contribution < 1.29 is 4.79 Å². The molecule has 4 aliphatic rings. The van der Waals surface area contributed by atoms with Crippen LogP contribution >= 0.6 is 0 Å². The lowest BCUT2D eigenvalue weighted by atomic mass is 9.82. The third-order valence-electron chi connectivity index (χ3n) is 7.26. The molecule has 0 bridgehead atoms. The fourth-order valence-corrected chi connectivity index (χ4v) is 5.71. The van der Waals surface area contributed by atoms with Crippen molar-refractivity contribution in [2.45, 2.75) is 70.3 Å². The smallest absolute Gasteiger partial charge is 0.222 e. The molecule has 4 nitrogen and oxygen atoms in total. The third-order valence-corrected chi connectivity index (χ3v) is 7.26. The summed E-state index contributed by atoms with van der Waals surface area (Å²) in [4.78, 5) is 17.6. The summed E-state index contributed by atoms with van der Waals surface area (Å²) in [5.74, 6) is 2.02. The van der Waals surface area contributed by atoms with E-state index in [-0.39, 0.29) is 0 Å². The van der Waals surface area contributed by atoms with Gasteiger partial charge in [-0.2, -0.15) is 0 Å². The molecule has 3 saturated heterocycles. The molecule has 0 saturated carbocycles. The van der Waals surface area contributed by atoms with Crippen molar-refractivity contribution in [1.29, 1.82) is 0 Å². The Kier molecular flexibility index (Phi) is 6.31. The van der Waals surface area contributed by atoms with E-state index in [0.717, 1.165) is 31.7 Å². The van der Waals surface area contributed by atoms with E-state index >= 15 is 0 Å². The highest BCUT2D eigenvalue weighted by molar-refractivity contribution is 5.77. The number of carbonyl (C=O) groups is 1. The number of hydrogen-bond donors (Lipinski definition) is 1. The average Bonchev–Trinajstić information content (AvgIpc) is 2.69. The van der Waals surface area contributed by atoms with Gasteiger partial charge in [0.1, 0.15) is 0 Å². The van der Waals surface area contributed by atoms with Crippen molar-refractivity contribution in [2.75, 3.05) is 39.3 Å². The first-order valence-electron chi connectivity index (χ1n) is 11.2. The van der Waals surface area contributed by atoms with Gasteiger partial charge in [0, 0.05) is 38.6 Å². The summed E-state index contributed by atoms with van der Waals surface area (Å²) in [5.41, 5.74) is 1.61. The van der Waals surface area contributed by atoms with Crippen molar-refractivity contribution in [1.82, 2.24) is 15.1 Å². The molecule has 3 aliphatic heterocycles. The molecule has 0 spiro atoms. The van der Waals surface area contributed by atoms with Gasteiger partial charge in [-0.15, -0.1) is 0 Å². The lowest BCUT2D eigenvalue weighted by Gasteiger charge is -2.48. The maximum absolute atomic E-state index is 12.6. The van der Waals surface area contributed by atoms with Crippen molar-refractivity contribution in [2.24, 2.45) is 11.8 Å². The van der Waals surface area contributed by atoms with Gasteiger partial charge >= 0.3 is 0 Å². The van der Waals surface area contributed by atoms with Gasteiger partial charge < -0.3 is 15.1 Å². The molecule has 1 N–H and O–H groups in total. The Morgan fingerprint density at radius 1 is 1.08 bits per heavy atom. The summed E-state index contributed by atoms with van der Waals surface area (Å²) < 4.78 is 0. The molecule has 1 amide bonds. The lowest BCUT2D eigenvalue weighted by Crippen LogP contribution is -2.56. The van der Waals surface area contributed by atoms with Crippen LogP contribution in [-0.2, 0) is 4.79 Å². The number of nitrogens with zero attached hydrogens (tertiary/aromatic N) is 2. The minimum absolute atomic E-state index is 0.425. The summed E-state index contributed by atoms with van der Waals surface area (Å²) in [5, 5.41) is 3.48. The SMILES string of the molecule is O=C1CC[C@H]2CN(CC3CCNCC3)CC[C@H]2N1CCC1=CCCCC1. The summed E-state index contributed by atoms with van der Waals surface area (Å²) >= 11 is 0. The van der Waals surface area contributed by atoms with Crippen LogP contribution in [0.1, 0.15) is 64.2 Å². The number of allylic oxidation sites excluding steroid dienone is 1. The largest absolute Gasteiger partial charge is 0.339 e. The zero-order valence-corrected chi connectivity index (χ0v) is 16.4. The second-order valence-electron chi connectivity index (χ2n) is 9.05. The topological polar surface area (TPSA) is 35.6 Å². The van der Waals surface area contributed by atoms with Gasteiger partial charge in [0.2, 0.25) is 5.91 Å². The van der Waals surface area contributed by atoms with Crippen LogP contribution in [0.25, 0.3) is 0 Å². The molecule has 0 aromatic carbocycles. The first kappa shape index (κ1) is 18.5. The second-order valence-corrected chi connectivity index (χ2v) is 9.05. The highest BCUT2D eigenvalue weighted by Crippen LogP contribution is 2.33. The molecule has 0 aromatic heterocycles. The van der Waals surface area contributed by atoms with E-state index in [4.69, 9.17) is 0 Å². The lowest BCUT2D eigenvalue weighted by molar-refractivity contribution is -0.141. The molecular weight excluding hydrogens is 322 g/mol. The summed E-state index contributed by atoms with van der Waals surface area (Å²) in [6.45, 7) is 7.07. The predicted molar refractivity (Wildman–Crippen MR) is 106 cm³/mol. The van der Waals surface area contributed by atoms with E-state index < -0.39 is 0 Å². The number of likely N-dealkylation sites (tertiary alicyclic amines) is 2. The predicted octanol–water partition coefficient (Wildman–Crippen LogP) is 3.19. The quantitative estimate of drug-likeness (QED) is 0.766. The van der Waals surface area contributed by atoms with E-state index in [9.17, 15) is 4.79 Å². The molecule has 0 aromatic rings. The van der Waals surface area contributed by atoms with Gasteiger partial charge in [-0.3, -0.25) is 4.79 Å². The summed E-state index contributed by atoms with van der Waals surface area (Å²) in [6, 6.07) is 0.518. The van der Waals surface area contributed by atoms with Crippen molar-refractivity contribution in [3.8, 4) is 0 Å². The maximum Gasteiger partial charge on any atom is 0.222 e. The minimum atomic E-state index is 0.425. The van der Waals surface area contributed by atoms with Crippen LogP contribution in [-0.4, -0.2) is 61.0 Å². The monoisotopic (exact) mass is 359 g/mol. The van der Waals surface area contributed by atoms with Gasteiger partial charge in [0.05, 0.1) is 0 Å². The maximum atomic E-state index is 12.6. The fraction of sp³-hybridized carbons (Fsp3) is 0.864. The van der Waals surface area contributed by atoms with Gasteiger partial charge in [-0.05, 0) is 82.7 Å². The van der Waals surface area contributed by atoms with Gasteiger partial charge in [-0.25, -0.2) is 0 Å². The van der Waals surface area contributed by atoms with Crippen LogP contribution in [0, 0.1) is 11.8 Å². The molecule has 1 aliphatic carbocycles. The Hall–Kier alpha value is -0.870. The van der Waals surface area contributed by atoms with Crippen molar-refractivity contribution >= 4 is 5.91 Å². The molecular formula is C22H37N3O. The molecule has 4 rings (SSSR count). The zero-order valence-electron chi connectivity index (χ0n) is 16.4. The van der Waals surface area contributed by atoms with Crippen LogP contribution in [0.2, 0.25) is 0 Å². The number of fused-ring (bicyclic) bond motifs is 1. The Balaban J connectivity index is 1.30. The minimum Gasteiger partial charge on any atom is -0.339 e. The van der Waals surface area contributed by atoms with E-state index in [0.29, 0.717) is 17.9 Å². The standard InChI is InChI=1S/C22H37N3O/c26-22-7-6-20-17-24(16-19-8-12-23-13-9-19)14-11-21(20)25(22)15-10-18-4-2-1-3-5-18/h4,19-21,23H,1-3,5-17H2/t20-,21+/m0/s1. The second kappa shape index (κ2) is 8.88. The molecule has 2 atom stereocenters. The Morgan fingerprint density at radius 3 is 2.77 bits per heavy atom. The number of piperidine rings is 3. The first-order valence-corrected chi connectivity index (χ1v) is 11.2. The first-order chi connectivity index (χ1) is 12.8. The molecule has 0 unspecified atom stereocenters. The highest BCUT2D eigenvalue weighted by atomic mass is 16.2. The number of amides is 1.